The van der Waals surface area contributed by atoms with E-state index in [0.717, 1.165) is 31.0 Å². The van der Waals surface area contributed by atoms with Gasteiger partial charge in [0.25, 0.3) is 0 Å². The van der Waals surface area contributed by atoms with Gasteiger partial charge in [-0.15, -0.1) is 0 Å². The lowest BCUT2D eigenvalue weighted by Crippen LogP contribution is -2.52. The molecule has 22 heavy (non-hydrogen) atoms. The van der Waals surface area contributed by atoms with Crippen molar-refractivity contribution in [3.63, 3.8) is 0 Å². The average Bonchev–Trinajstić information content (AvgIpc) is 2.59. The first-order valence-electron chi connectivity index (χ1n) is 7.51. The molecule has 0 aromatic heterocycles. The molecule has 3 rings (SSSR count). The zero-order chi connectivity index (χ0) is 16.1. The van der Waals surface area contributed by atoms with Crippen molar-refractivity contribution < 1.29 is 18.7 Å². The Morgan fingerprint density at radius 2 is 1.95 bits per heavy atom. The fourth-order valence-electron chi connectivity index (χ4n) is 3.92. The summed E-state index contributed by atoms with van der Waals surface area (Å²) in [6.45, 7) is 1.63. The molecule has 6 heteroatoms. The lowest BCUT2D eigenvalue weighted by Gasteiger charge is -2.42. The standard InChI is InChI=1S/C16H20F2N2O2/c1-15(22)9-20(13-6-10(17)5-11(18)7-13)14(21)16(15)4-2-3-12(19)8-16/h5-7,12,22H,2-4,8-9,19H2,1H3. The number of nitrogens with zero attached hydrogens (tertiary/aromatic N) is 1. The zero-order valence-corrected chi connectivity index (χ0v) is 12.5. The number of benzene rings is 1. The molecule has 120 valence electrons. The number of anilines is 1. The van der Waals surface area contributed by atoms with Gasteiger partial charge in [-0.2, -0.15) is 0 Å². The largest absolute Gasteiger partial charge is 0.387 e. The van der Waals surface area contributed by atoms with Crippen LogP contribution in [0.25, 0.3) is 0 Å². The maximum absolute atomic E-state index is 13.4. The summed E-state index contributed by atoms with van der Waals surface area (Å²) in [5.74, 6) is -1.79. The zero-order valence-electron chi connectivity index (χ0n) is 12.5. The van der Waals surface area contributed by atoms with Crippen LogP contribution >= 0.6 is 0 Å². The van der Waals surface area contributed by atoms with Gasteiger partial charge in [-0.25, -0.2) is 8.78 Å². The number of carbonyl (C=O) groups is 1. The summed E-state index contributed by atoms with van der Waals surface area (Å²) in [6, 6.07) is 2.83. The average molecular weight is 310 g/mol. The van der Waals surface area contributed by atoms with E-state index in [1.165, 1.54) is 4.90 Å². The van der Waals surface area contributed by atoms with Crippen molar-refractivity contribution in [3.05, 3.63) is 29.8 Å². The number of nitrogens with two attached hydrogens (primary N) is 1. The Morgan fingerprint density at radius 3 is 2.55 bits per heavy atom. The van der Waals surface area contributed by atoms with Crippen molar-refractivity contribution in [1.29, 1.82) is 0 Å². The van der Waals surface area contributed by atoms with Crippen LogP contribution < -0.4 is 10.6 Å². The second-order valence-corrected chi connectivity index (χ2v) is 6.73. The molecule has 3 unspecified atom stereocenters. The fraction of sp³-hybridized carbons (Fsp3) is 0.562. The molecular weight excluding hydrogens is 290 g/mol. The number of hydrogen-bond donors (Lipinski definition) is 2. The van der Waals surface area contributed by atoms with E-state index in [2.05, 4.69) is 0 Å². The summed E-state index contributed by atoms with van der Waals surface area (Å²) in [5, 5.41) is 10.8. The minimum absolute atomic E-state index is 0.0153. The topological polar surface area (TPSA) is 66.6 Å². The lowest BCUT2D eigenvalue weighted by atomic mass is 9.64. The van der Waals surface area contributed by atoms with E-state index in [0.29, 0.717) is 12.8 Å². The number of amides is 1. The second-order valence-electron chi connectivity index (χ2n) is 6.73. The first kappa shape index (κ1) is 15.4. The van der Waals surface area contributed by atoms with Gasteiger partial charge in [-0.3, -0.25) is 4.79 Å². The molecule has 2 aliphatic rings. The molecule has 1 heterocycles. The van der Waals surface area contributed by atoms with Crippen LogP contribution in [0.5, 0.6) is 0 Å². The van der Waals surface area contributed by atoms with Gasteiger partial charge in [0.05, 0.1) is 17.6 Å². The van der Waals surface area contributed by atoms with Crippen LogP contribution in [-0.4, -0.2) is 29.2 Å². The van der Waals surface area contributed by atoms with Gasteiger partial charge in [-0.05, 0) is 38.3 Å². The monoisotopic (exact) mass is 310 g/mol. The first-order valence-corrected chi connectivity index (χ1v) is 7.51. The SMILES string of the molecule is CC1(O)CN(c2cc(F)cc(F)c2)C(=O)C12CCCC(N)C2. The van der Waals surface area contributed by atoms with Crippen molar-refractivity contribution in [2.24, 2.45) is 11.1 Å². The minimum atomic E-state index is -1.27. The Morgan fingerprint density at radius 1 is 1.32 bits per heavy atom. The Hall–Kier alpha value is -1.53. The summed E-state index contributed by atoms with van der Waals surface area (Å²) in [4.78, 5) is 14.2. The molecule has 1 aromatic carbocycles. The number of carbonyl (C=O) groups excluding carboxylic acids is 1. The first-order chi connectivity index (χ1) is 10.2. The van der Waals surface area contributed by atoms with Gasteiger partial charge >= 0.3 is 0 Å². The number of hydrogen-bond acceptors (Lipinski definition) is 3. The maximum atomic E-state index is 13.4. The van der Waals surface area contributed by atoms with Gasteiger partial charge in [0.15, 0.2) is 0 Å². The molecule has 4 nitrogen and oxygen atoms in total. The van der Waals surface area contributed by atoms with Gasteiger partial charge < -0.3 is 15.7 Å². The smallest absolute Gasteiger partial charge is 0.236 e. The highest BCUT2D eigenvalue weighted by molar-refractivity contribution is 6.01. The third kappa shape index (κ3) is 2.21. The third-order valence-electron chi connectivity index (χ3n) is 5.10. The van der Waals surface area contributed by atoms with Gasteiger partial charge in [0.1, 0.15) is 11.6 Å². The molecule has 0 bridgehead atoms. The predicted octanol–water partition coefficient (Wildman–Crippen LogP) is 1.95. The van der Waals surface area contributed by atoms with Crippen LogP contribution in [-0.2, 0) is 4.79 Å². The quantitative estimate of drug-likeness (QED) is 0.833. The van der Waals surface area contributed by atoms with Crippen LogP contribution in [0.15, 0.2) is 18.2 Å². The van der Waals surface area contributed by atoms with E-state index in [9.17, 15) is 18.7 Å². The van der Waals surface area contributed by atoms with E-state index in [4.69, 9.17) is 5.73 Å². The Kier molecular flexibility index (Phi) is 3.49. The van der Waals surface area contributed by atoms with E-state index < -0.39 is 22.7 Å². The van der Waals surface area contributed by atoms with E-state index in [1.54, 1.807) is 6.92 Å². The Bertz CT molecular complexity index is 600. The lowest BCUT2D eigenvalue weighted by molar-refractivity contribution is -0.139. The van der Waals surface area contributed by atoms with E-state index in [1.807, 2.05) is 0 Å². The minimum Gasteiger partial charge on any atom is -0.387 e. The molecule has 1 saturated carbocycles. The Balaban J connectivity index is 2.01. The Labute approximate surface area is 127 Å². The molecule has 1 aliphatic carbocycles. The molecule has 2 fully saturated rings. The maximum Gasteiger partial charge on any atom is 0.236 e. The predicted molar refractivity (Wildman–Crippen MR) is 78.2 cm³/mol. The van der Waals surface area contributed by atoms with E-state index in [-0.39, 0.29) is 24.2 Å². The highest BCUT2D eigenvalue weighted by Gasteiger charge is 2.61. The summed E-state index contributed by atoms with van der Waals surface area (Å²) in [5.41, 5.74) is 3.90. The molecule has 1 amide bonds. The van der Waals surface area contributed by atoms with Gasteiger partial charge in [0.2, 0.25) is 5.91 Å². The second kappa shape index (κ2) is 4.99. The molecule has 1 saturated heterocycles. The highest BCUT2D eigenvalue weighted by Crippen LogP contribution is 2.51. The van der Waals surface area contributed by atoms with Crippen molar-refractivity contribution in [2.75, 3.05) is 11.4 Å². The molecule has 3 N–H and O–H groups in total. The molecular formula is C16H20F2N2O2. The number of halogens is 2. The molecule has 1 aliphatic heterocycles. The summed E-state index contributed by atoms with van der Waals surface area (Å²) in [6.07, 6.45) is 2.52. The number of rotatable bonds is 1. The van der Waals surface area contributed by atoms with E-state index >= 15 is 0 Å². The van der Waals surface area contributed by atoms with Crippen molar-refractivity contribution in [1.82, 2.24) is 0 Å². The van der Waals surface area contributed by atoms with Crippen molar-refractivity contribution in [2.45, 2.75) is 44.2 Å². The van der Waals surface area contributed by atoms with Gasteiger partial charge in [0, 0.05) is 17.8 Å². The van der Waals surface area contributed by atoms with Crippen LogP contribution in [0.1, 0.15) is 32.6 Å². The highest BCUT2D eigenvalue weighted by atomic mass is 19.1. The van der Waals surface area contributed by atoms with Crippen LogP contribution in [0, 0.1) is 17.0 Å². The van der Waals surface area contributed by atoms with Crippen LogP contribution in [0.3, 0.4) is 0 Å². The fourth-order valence-corrected chi connectivity index (χ4v) is 3.92. The summed E-state index contributed by atoms with van der Waals surface area (Å²) < 4.78 is 26.9. The molecule has 1 spiro atoms. The number of β-amino-alcohol motifs (C(OH)–C–C–N with tert-alkyl or cyclic N) is 1. The normalized spacial score (nSPS) is 35.4. The summed E-state index contributed by atoms with van der Waals surface area (Å²) >= 11 is 0. The van der Waals surface area contributed by atoms with Crippen LogP contribution in [0.4, 0.5) is 14.5 Å². The van der Waals surface area contributed by atoms with Crippen LogP contribution in [0.2, 0.25) is 0 Å². The molecule has 0 radical (unpaired) electrons. The summed E-state index contributed by atoms with van der Waals surface area (Å²) in [7, 11) is 0. The van der Waals surface area contributed by atoms with Crippen molar-refractivity contribution >= 4 is 11.6 Å². The number of aliphatic hydroxyl groups is 1. The van der Waals surface area contributed by atoms with Crippen molar-refractivity contribution in [3.8, 4) is 0 Å². The third-order valence-corrected chi connectivity index (χ3v) is 5.10. The molecule has 3 atom stereocenters. The molecule has 1 aromatic rings. The van der Waals surface area contributed by atoms with Gasteiger partial charge in [-0.1, -0.05) is 6.42 Å².